The summed E-state index contributed by atoms with van der Waals surface area (Å²) < 4.78 is 5.39. The number of methoxy groups -OCH3 is 1. The number of carbonyl (C=O) groups excluding carboxylic acids is 1. The number of likely N-dealkylation sites (N-methyl/N-ethyl adjacent to an activating group) is 1. The molecule has 6 heteroatoms. The van der Waals surface area contributed by atoms with Crippen molar-refractivity contribution in [1.82, 2.24) is 9.80 Å². The Morgan fingerprint density at radius 2 is 1.82 bits per heavy atom. The number of carbonyl (C=O) groups is 1. The Bertz CT molecular complexity index is 799. The first kappa shape index (κ1) is 20.5. The van der Waals surface area contributed by atoms with Crippen LogP contribution in [0.3, 0.4) is 0 Å². The second-order valence-corrected chi connectivity index (χ2v) is 7.54. The molecule has 28 heavy (non-hydrogen) atoms. The maximum atomic E-state index is 12.7. The average Bonchev–Trinajstić information content (AvgIpc) is 2.94. The van der Waals surface area contributed by atoms with Crippen LogP contribution in [0.25, 0.3) is 0 Å². The van der Waals surface area contributed by atoms with Crippen molar-refractivity contribution in [3.05, 3.63) is 59.1 Å². The molecular weight excluding hydrogens is 374 g/mol. The zero-order chi connectivity index (χ0) is 19.9. The standard InChI is InChI=1S/C22H28ClN3O2/c1-24(16-18-8-3-6-11-21(18)28-2)22(27)17-25-12-7-13-26(15-14-25)20-10-5-4-9-19(20)23/h3-6,8-11H,7,12-17H2,1-2H3. The van der Waals surface area contributed by atoms with Gasteiger partial charge in [0.05, 0.1) is 24.4 Å². The molecule has 1 aliphatic heterocycles. The van der Waals surface area contributed by atoms with Crippen LogP contribution in [-0.4, -0.2) is 62.6 Å². The number of para-hydroxylation sites is 2. The summed E-state index contributed by atoms with van der Waals surface area (Å²) in [6.07, 6.45) is 1.01. The first-order valence-corrected chi connectivity index (χ1v) is 10.0. The number of hydrogen-bond acceptors (Lipinski definition) is 4. The first-order valence-electron chi connectivity index (χ1n) is 9.66. The molecule has 0 spiro atoms. The summed E-state index contributed by atoms with van der Waals surface area (Å²) in [6.45, 7) is 4.55. The molecule has 0 unspecified atom stereocenters. The van der Waals surface area contributed by atoms with Crippen LogP contribution >= 0.6 is 11.6 Å². The third kappa shape index (κ3) is 5.18. The van der Waals surface area contributed by atoms with Gasteiger partial charge < -0.3 is 14.5 Å². The molecule has 0 aliphatic carbocycles. The van der Waals surface area contributed by atoms with E-state index in [0.717, 1.165) is 54.6 Å². The number of anilines is 1. The zero-order valence-electron chi connectivity index (χ0n) is 16.6. The predicted molar refractivity (Wildman–Crippen MR) is 114 cm³/mol. The molecule has 150 valence electrons. The third-order valence-electron chi connectivity index (χ3n) is 5.17. The van der Waals surface area contributed by atoms with E-state index >= 15 is 0 Å². The predicted octanol–water partition coefficient (Wildman–Crippen LogP) is 3.52. The molecule has 5 nitrogen and oxygen atoms in total. The molecule has 1 heterocycles. The number of amides is 1. The lowest BCUT2D eigenvalue weighted by molar-refractivity contribution is -0.131. The van der Waals surface area contributed by atoms with Crippen molar-refractivity contribution < 1.29 is 9.53 Å². The Labute approximate surface area is 172 Å². The minimum absolute atomic E-state index is 0.122. The third-order valence-corrected chi connectivity index (χ3v) is 5.49. The maximum Gasteiger partial charge on any atom is 0.236 e. The fourth-order valence-electron chi connectivity index (χ4n) is 3.57. The fraction of sp³-hybridized carbons (Fsp3) is 0.409. The second-order valence-electron chi connectivity index (χ2n) is 7.13. The molecule has 1 amide bonds. The van der Waals surface area contributed by atoms with Gasteiger partial charge in [-0.3, -0.25) is 9.69 Å². The molecule has 2 aromatic rings. The van der Waals surface area contributed by atoms with E-state index in [2.05, 4.69) is 15.9 Å². The van der Waals surface area contributed by atoms with Gasteiger partial charge in [0.1, 0.15) is 5.75 Å². The lowest BCUT2D eigenvalue weighted by Crippen LogP contribution is -2.40. The number of hydrogen-bond donors (Lipinski definition) is 0. The Kier molecular flexibility index (Phi) is 7.18. The normalized spacial score (nSPS) is 15.2. The van der Waals surface area contributed by atoms with Crippen molar-refractivity contribution in [2.75, 3.05) is 51.8 Å². The van der Waals surface area contributed by atoms with Gasteiger partial charge >= 0.3 is 0 Å². The summed E-state index contributed by atoms with van der Waals surface area (Å²) in [4.78, 5) is 19.1. The molecule has 0 bridgehead atoms. The van der Waals surface area contributed by atoms with Gasteiger partial charge in [-0.2, -0.15) is 0 Å². The van der Waals surface area contributed by atoms with Crippen LogP contribution in [0.15, 0.2) is 48.5 Å². The number of benzene rings is 2. The van der Waals surface area contributed by atoms with Crippen molar-refractivity contribution in [3.63, 3.8) is 0 Å². The first-order chi connectivity index (χ1) is 13.6. The van der Waals surface area contributed by atoms with Crippen LogP contribution in [-0.2, 0) is 11.3 Å². The smallest absolute Gasteiger partial charge is 0.236 e. The Hall–Kier alpha value is -2.24. The quantitative estimate of drug-likeness (QED) is 0.742. The SMILES string of the molecule is COc1ccccc1CN(C)C(=O)CN1CCCN(c2ccccc2Cl)CC1. The Morgan fingerprint density at radius 1 is 1.07 bits per heavy atom. The molecule has 0 atom stereocenters. The Morgan fingerprint density at radius 3 is 2.61 bits per heavy atom. The van der Waals surface area contributed by atoms with Gasteiger partial charge in [0.15, 0.2) is 0 Å². The second kappa shape index (κ2) is 9.80. The van der Waals surface area contributed by atoms with E-state index < -0.39 is 0 Å². The summed E-state index contributed by atoms with van der Waals surface area (Å²) in [7, 11) is 3.51. The lowest BCUT2D eigenvalue weighted by Gasteiger charge is -2.25. The average molecular weight is 402 g/mol. The van der Waals surface area contributed by atoms with E-state index in [0.29, 0.717) is 13.1 Å². The highest BCUT2D eigenvalue weighted by Crippen LogP contribution is 2.26. The molecular formula is C22H28ClN3O2. The van der Waals surface area contributed by atoms with E-state index in [1.54, 1.807) is 12.0 Å². The monoisotopic (exact) mass is 401 g/mol. The fourth-order valence-corrected chi connectivity index (χ4v) is 3.82. The molecule has 0 aromatic heterocycles. The van der Waals surface area contributed by atoms with Crippen molar-refractivity contribution >= 4 is 23.2 Å². The van der Waals surface area contributed by atoms with Gasteiger partial charge in [-0.25, -0.2) is 0 Å². The zero-order valence-corrected chi connectivity index (χ0v) is 17.4. The molecule has 0 saturated carbocycles. The van der Waals surface area contributed by atoms with E-state index in [1.165, 1.54) is 0 Å². The number of halogens is 1. The van der Waals surface area contributed by atoms with Gasteiger partial charge in [0.25, 0.3) is 0 Å². The summed E-state index contributed by atoms with van der Waals surface area (Å²) in [5.74, 6) is 0.935. The minimum Gasteiger partial charge on any atom is -0.496 e. The van der Waals surface area contributed by atoms with Crippen molar-refractivity contribution in [2.45, 2.75) is 13.0 Å². The highest BCUT2D eigenvalue weighted by molar-refractivity contribution is 6.33. The molecule has 1 saturated heterocycles. The highest BCUT2D eigenvalue weighted by atomic mass is 35.5. The van der Waals surface area contributed by atoms with Crippen LogP contribution in [0.4, 0.5) is 5.69 Å². The van der Waals surface area contributed by atoms with Crippen molar-refractivity contribution in [1.29, 1.82) is 0 Å². The number of ether oxygens (including phenoxy) is 1. The number of nitrogens with zero attached hydrogens (tertiary/aromatic N) is 3. The van der Waals surface area contributed by atoms with Crippen molar-refractivity contribution in [3.8, 4) is 5.75 Å². The highest BCUT2D eigenvalue weighted by Gasteiger charge is 2.20. The van der Waals surface area contributed by atoms with E-state index in [9.17, 15) is 4.79 Å². The minimum atomic E-state index is 0.122. The van der Waals surface area contributed by atoms with Gasteiger partial charge in [-0.15, -0.1) is 0 Å². The van der Waals surface area contributed by atoms with Gasteiger partial charge in [0.2, 0.25) is 5.91 Å². The van der Waals surface area contributed by atoms with Crippen molar-refractivity contribution in [2.24, 2.45) is 0 Å². The summed E-state index contributed by atoms with van der Waals surface area (Å²) in [5, 5.41) is 0.781. The molecule has 1 fully saturated rings. The maximum absolute atomic E-state index is 12.7. The summed E-state index contributed by atoms with van der Waals surface area (Å²) in [6, 6.07) is 15.8. The van der Waals surface area contributed by atoms with Crippen LogP contribution in [0.5, 0.6) is 5.75 Å². The molecule has 3 rings (SSSR count). The summed E-state index contributed by atoms with van der Waals surface area (Å²) >= 11 is 6.35. The van der Waals surface area contributed by atoms with E-state index in [1.807, 2.05) is 49.5 Å². The number of rotatable bonds is 6. The topological polar surface area (TPSA) is 36.0 Å². The summed E-state index contributed by atoms with van der Waals surface area (Å²) in [5.41, 5.74) is 2.09. The molecule has 0 radical (unpaired) electrons. The van der Waals surface area contributed by atoms with Gasteiger partial charge in [-0.1, -0.05) is 41.9 Å². The molecule has 0 N–H and O–H groups in total. The van der Waals surface area contributed by atoms with Gasteiger partial charge in [0, 0.05) is 45.3 Å². The van der Waals surface area contributed by atoms with Crippen LogP contribution in [0, 0.1) is 0 Å². The van der Waals surface area contributed by atoms with E-state index in [4.69, 9.17) is 16.3 Å². The Balaban J connectivity index is 1.55. The van der Waals surface area contributed by atoms with Crippen LogP contribution in [0.1, 0.15) is 12.0 Å². The lowest BCUT2D eigenvalue weighted by atomic mass is 10.2. The van der Waals surface area contributed by atoms with Crippen LogP contribution < -0.4 is 9.64 Å². The largest absolute Gasteiger partial charge is 0.496 e. The molecule has 2 aromatic carbocycles. The van der Waals surface area contributed by atoms with Gasteiger partial charge in [-0.05, 0) is 24.6 Å². The molecule has 1 aliphatic rings. The van der Waals surface area contributed by atoms with E-state index in [-0.39, 0.29) is 5.91 Å². The van der Waals surface area contributed by atoms with Crippen LogP contribution in [0.2, 0.25) is 5.02 Å².